The van der Waals surface area contributed by atoms with Crippen LogP contribution < -0.4 is 20.7 Å². The van der Waals surface area contributed by atoms with E-state index < -0.39 is 47.1 Å². The van der Waals surface area contributed by atoms with Crippen LogP contribution in [0.1, 0.15) is 116 Å². The van der Waals surface area contributed by atoms with Crippen molar-refractivity contribution < 1.29 is 55.4 Å². The molecule has 4 aromatic rings. The average Bonchev–Trinajstić information content (AvgIpc) is 3.69. The Hall–Kier alpha value is -5.76. The Labute approximate surface area is 377 Å². The minimum Gasteiger partial charge on any atom is -0.404 e. The summed E-state index contributed by atoms with van der Waals surface area (Å²) < 4.78 is 85.1. The first-order valence-corrected chi connectivity index (χ1v) is 22.2. The number of fused-ring (bicyclic) bond motifs is 1. The SMILES string of the molecule is CC(C)(O)c1cc2nn(C3CCN(CCC4CCC5(CC4)CCN(C(=O)c4ccc(OC(F)(F)F)c(NC(=O)CCNC=O)c4)CC5)CC3)cc2cc1NC(=O)c1cccc(C(F)(F)F)n1. The zero-order valence-electron chi connectivity index (χ0n) is 36.7. The van der Waals surface area contributed by atoms with Crippen molar-refractivity contribution in [2.75, 3.05) is 49.9 Å². The lowest BCUT2D eigenvalue weighted by atomic mass is 9.65. The lowest BCUT2D eigenvalue weighted by molar-refractivity contribution is -0.274. The Morgan fingerprint density at radius 1 is 0.894 bits per heavy atom. The highest BCUT2D eigenvalue weighted by Crippen LogP contribution is 2.47. The van der Waals surface area contributed by atoms with Crippen molar-refractivity contribution >= 4 is 46.4 Å². The number of hydrogen-bond acceptors (Lipinski definition) is 9. The van der Waals surface area contributed by atoms with Crippen molar-refractivity contribution in [1.82, 2.24) is 29.9 Å². The van der Waals surface area contributed by atoms with E-state index in [-0.39, 0.29) is 47.3 Å². The molecule has 0 bridgehead atoms. The van der Waals surface area contributed by atoms with Gasteiger partial charge >= 0.3 is 12.5 Å². The third-order valence-electron chi connectivity index (χ3n) is 13.2. The summed E-state index contributed by atoms with van der Waals surface area (Å²) >= 11 is 0. The second kappa shape index (κ2) is 19.6. The number of carbonyl (C=O) groups is 4. The Balaban J connectivity index is 0.877. The van der Waals surface area contributed by atoms with Crippen LogP contribution in [-0.2, 0) is 21.4 Å². The maximum atomic E-state index is 13.6. The van der Waals surface area contributed by atoms with Crippen molar-refractivity contribution in [1.29, 1.82) is 0 Å². The van der Waals surface area contributed by atoms with E-state index in [9.17, 15) is 50.6 Å². The molecule has 0 radical (unpaired) electrons. The largest absolute Gasteiger partial charge is 0.573 e. The molecule has 1 spiro atoms. The first-order valence-electron chi connectivity index (χ1n) is 22.2. The van der Waals surface area contributed by atoms with Crippen molar-refractivity contribution in [3.8, 4) is 5.75 Å². The number of aliphatic hydroxyl groups is 1. The maximum absolute atomic E-state index is 13.6. The number of likely N-dealkylation sites (tertiary alicyclic amines) is 2. The molecule has 1 saturated carbocycles. The zero-order valence-corrected chi connectivity index (χ0v) is 36.7. The number of nitrogens with one attached hydrogen (secondary N) is 3. The summed E-state index contributed by atoms with van der Waals surface area (Å²) in [4.78, 5) is 57.2. The van der Waals surface area contributed by atoms with E-state index in [1.807, 2.05) is 10.9 Å². The molecule has 0 atom stereocenters. The molecule has 4 amide bonds. The van der Waals surface area contributed by atoms with Crippen molar-refractivity contribution in [3.05, 3.63) is 77.2 Å². The predicted octanol–water partition coefficient (Wildman–Crippen LogP) is 8.04. The molecule has 0 unspecified atom stereocenters. The highest BCUT2D eigenvalue weighted by atomic mass is 19.4. The van der Waals surface area contributed by atoms with Crippen LogP contribution in [0.25, 0.3) is 10.9 Å². The summed E-state index contributed by atoms with van der Waals surface area (Å²) in [6, 6.07) is 10.1. The van der Waals surface area contributed by atoms with Crippen LogP contribution in [0.2, 0.25) is 0 Å². The predicted molar refractivity (Wildman–Crippen MR) is 231 cm³/mol. The van der Waals surface area contributed by atoms with Gasteiger partial charge in [-0.15, -0.1) is 13.2 Å². The van der Waals surface area contributed by atoms with Crippen molar-refractivity contribution in [3.63, 3.8) is 0 Å². The van der Waals surface area contributed by atoms with Gasteiger partial charge in [-0.1, -0.05) is 6.07 Å². The fourth-order valence-corrected chi connectivity index (χ4v) is 9.44. The fourth-order valence-electron chi connectivity index (χ4n) is 9.44. The number of anilines is 2. The van der Waals surface area contributed by atoms with Gasteiger partial charge in [0.15, 0.2) is 5.75 Å². The van der Waals surface area contributed by atoms with Gasteiger partial charge in [0.05, 0.1) is 22.8 Å². The molecule has 2 aromatic heterocycles. The third-order valence-corrected chi connectivity index (χ3v) is 13.2. The van der Waals surface area contributed by atoms with Crippen LogP contribution >= 0.6 is 0 Å². The Morgan fingerprint density at radius 2 is 1.61 bits per heavy atom. The second-order valence-electron chi connectivity index (χ2n) is 18.2. The first kappa shape index (κ1) is 48.2. The van der Waals surface area contributed by atoms with Crippen molar-refractivity contribution in [2.45, 2.75) is 102 Å². The van der Waals surface area contributed by atoms with Crippen LogP contribution in [-0.4, -0.2) is 99.4 Å². The van der Waals surface area contributed by atoms with Gasteiger partial charge in [-0.3, -0.25) is 23.9 Å². The quantitative estimate of drug-likeness (QED) is 0.0555. The summed E-state index contributed by atoms with van der Waals surface area (Å²) in [7, 11) is 0. The second-order valence-corrected chi connectivity index (χ2v) is 18.2. The molecule has 356 valence electrons. The Morgan fingerprint density at radius 3 is 2.26 bits per heavy atom. The number of rotatable bonds is 14. The number of ether oxygens (including phenoxy) is 1. The normalized spacial score (nSPS) is 17.7. The first-order chi connectivity index (χ1) is 31.2. The van der Waals surface area contributed by atoms with Crippen LogP contribution in [0, 0.1) is 11.3 Å². The summed E-state index contributed by atoms with van der Waals surface area (Å²) in [5.41, 5.74) is -1.80. The zero-order chi connectivity index (χ0) is 47.4. The molecule has 2 aliphatic heterocycles. The van der Waals surface area contributed by atoms with E-state index in [2.05, 4.69) is 30.6 Å². The van der Waals surface area contributed by atoms with Gasteiger partial charge in [0, 0.05) is 67.5 Å². The number of halogens is 6. The summed E-state index contributed by atoms with van der Waals surface area (Å²) in [6.07, 6.45) is 1.21. The molecule has 4 N–H and O–H groups in total. The number of carbonyl (C=O) groups excluding carboxylic acids is 4. The van der Waals surface area contributed by atoms with E-state index in [1.165, 1.54) is 18.2 Å². The number of hydrogen-bond donors (Lipinski definition) is 4. The number of benzene rings is 2. The molecule has 20 heteroatoms. The topological polar surface area (TPSA) is 171 Å². The molecule has 3 aliphatic rings. The summed E-state index contributed by atoms with van der Waals surface area (Å²) in [5.74, 6) is -1.89. The van der Waals surface area contributed by atoms with Crippen LogP contribution in [0.4, 0.5) is 37.7 Å². The van der Waals surface area contributed by atoms with Gasteiger partial charge in [-0.05, 0) is 132 Å². The molecule has 1 aliphatic carbocycles. The Kier molecular flexibility index (Phi) is 14.3. The monoisotopic (exact) mass is 928 g/mol. The van der Waals surface area contributed by atoms with Gasteiger partial charge in [0.2, 0.25) is 12.3 Å². The van der Waals surface area contributed by atoms with E-state index >= 15 is 0 Å². The van der Waals surface area contributed by atoms with E-state index in [4.69, 9.17) is 5.10 Å². The average molecular weight is 929 g/mol. The third kappa shape index (κ3) is 12.0. The van der Waals surface area contributed by atoms with E-state index in [0.29, 0.717) is 41.9 Å². The molecule has 7 rings (SSSR count). The minimum absolute atomic E-state index is 0.0172. The highest BCUT2D eigenvalue weighted by Gasteiger charge is 2.40. The number of nitrogens with zero attached hydrogens (tertiary/aromatic N) is 5. The van der Waals surface area contributed by atoms with E-state index in [0.717, 1.165) is 95.6 Å². The standard InChI is InChI=1S/C46H54F6N8O6/c1-43(2,65)33-26-35-31(25-36(33)56-41(63)34-4-3-5-39(54-34)45(47,48)49)27-60(57-35)32-12-20-58(21-13-32)19-11-29-8-14-44(15-9-29)16-22-59(23-17-44)42(64)30-6-7-38(66-46(50,51)52)37(24-30)55-40(62)10-18-53-28-61/h3-7,24-29,32,65H,8-23H2,1-2H3,(H,53,61)(H,55,62)(H,56,63). The van der Waals surface area contributed by atoms with Crippen LogP contribution in [0.3, 0.4) is 0 Å². The molecule has 3 fully saturated rings. The number of piperidine rings is 2. The molecule has 14 nitrogen and oxygen atoms in total. The summed E-state index contributed by atoms with van der Waals surface area (Å²) in [5, 5.41) is 23.9. The van der Waals surface area contributed by atoms with Crippen LogP contribution in [0.5, 0.6) is 5.75 Å². The highest BCUT2D eigenvalue weighted by molar-refractivity contribution is 6.04. The number of pyridine rings is 1. The molecular formula is C46H54F6N8O6. The number of alkyl halides is 6. The molecule has 2 aromatic carbocycles. The van der Waals surface area contributed by atoms with Crippen molar-refractivity contribution in [2.24, 2.45) is 11.3 Å². The molecule has 66 heavy (non-hydrogen) atoms. The van der Waals surface area contributed by atoms with Gasteiger partial charge in [0.1, 0.15) is 11.4 Å². The maximum Gasteiger partial charge on any atom is 0.573 e. The lowest BCUT2D eigenvalue weighted by Crippen LogP contribution is -2.44. The van der Waals surface area contributed by atoms with Crippen LogP contribution in [0.15, 0.2) is 54.7 Å². The molecule has 2 saturated heterocycles. The van der Waals surface area contributed by atoms with Gasteiger partial charge < -0.3 is 35.6 Å². The van der Waals surface area contributed by atoms with Gasteiger partial charge in [-0.25, -0.2) is 4.98 Å². The number of aromatic nitrogens is 3. The minimum atomic E-state index is -5.02. The smallest absolute Gasteiger partial charge is 0.404 e. The number of amides is 4. The summed E-state index contributed by atoms with van der Waals surface area (Å²) in [6.45, 7) is 6.90. The van der Waals surface area contributed by atoms with Gasteiger partial charge in [0.25, 0.3) is 11.8 Å². The lowest BCUT2D eigenvalue weighted by Gasteiger charge is -2.46. The Bertz CT molecular complexity index is 2390. The fraction of sp³-hybridized carbons (Fsp3) is 0.522. The molecular weight excluding hydrogens is 875 g/mol. The molecule has 4 heterocycles. The van der Waals surface area contributed by atoms with E-state index in [1.54, 1.807) is 30.9 Å². The van der Waals surface area contributed by atoms with Gasteiger partial charge in [-0.2, -0.15) is 18.3 Å².